The van der Waals surface area contributed by atoms with Crippen molar-refractivity contribution in [1.82, 2.24) is 19.1 Å². The van der Waals surface area contributed by atoms with Crippen molar-refractivity contribution in [3.63, 3.8) is 0 Å². The molecule has 1 aromatic carbocycles. The van der Waals surface area contributed by atoms with E-state index in [4.69, 9.17) is 4.74 Å². The Morgan fingerprint density at radius 1 is 1.03 bits per heavy atom. The fraction of sp³-hybridized carbons (Fsp3) is 0.409. The molecular weight excluding hydrogens is 368 g/mol. The van der Waals surface area contributed by atoms with Crippen LogP contribution in [0.2, 0.25) is 0 Å². The first-order valence-electron chi connectivity index (χ1n) is 9.97. The fourth-order valence-electron chi connectivity index (χ4n) is 3.49. The highest BCUT2D eigenvalue weighted by Gasteiger charge is 2.16. The lowest BCUT2D eigenvalue weighted by molar-refractivity contribution is 0.411. The zero-order chi connectivity index (χ0) is 21.1. The van der Waals surface area contributed by atoms with E-state index >= 15 is 0 Å². The number of methoxy groups -OCH3 is 1. The predicted molar refractivity (Wildman–Crippen MR) is 117 cm³/mol. The fourth-order valence-corrected chi connectivity index (χ4v) is 3.49. The van der Waals surface area contributed by atoms with Crippen molar-refractivity contribution in [3.8, 4) is 5.75 Å². The lowest BCUT2D eigenvalue weighted by Gasteiger charge is -2.09. The molecule has 0 amide bonds. The summed E-state index contributed by atoms with van der Waals surface area (Å²) in [5, 5.41) is 0. The van der Waals surface area contributed by atoms with Crippen LogP contribution in [-0.2, 0) is 13.1 Å². The molecule has 0 saturated heterocycles. The number of aryl methyl sites for hydroxylation is 3. The van der Waals surface area contributed by atoms with Gasteiger partial charge in [0, 0.05) is 13.1 Å². The molecule has 3 aromatic rings. The SMILES string of the molecule is CCCn1c(=O)c2[nH]c(C=Cc3cc(C)c(OC)cc3C)nc2n(CCC)c1=O. The molecular formula is C22H28N4O3. The van der Waals surface area contributed by atoms with Gasteiger partial charge in [0.25, 0.3) is 5.56 Å². The van der Waals surface area contributed by atoms with Gasteiger partial charge in [0.1, 0.15) is 17.1 Å². The van der Waals surface area contributed by atoms with Crippen molar-refractivity contribution in [1.29, 1.82) is 0 Å². The van der Waals surface area contributed by atoms with Gasteiger partial charge in [-0.05, 0) is 61.6 Å². The molecule has 29 heavy (non-hydrogen) atoms. The number of nitrogens with one attached hydrogen (secondary N) is 1. The summed E-state index contributed by atoms with van der Waals surface area (Å²) in [5.41, 5.74) is 3.33. The Hall–Kier alpha value is -3.09. The van der Waals surface area contributed by atoms with Crippen LogP contribution in [0.3, 0.4) is 0 Å². The molecule has 0 atom stereocenters. The topological polar surface area (TPSA) is 81.9 Å². The molecule has 154 valence electrons. The summed E-state index contributed by atoms with van der Waals surface area (Å²) in [6.45, 7) is 8.87. The third-order valence-electron chi connectivity index (χ3n) is 4.98. The second-order valence-corrected chi connectivity index (χ2v) is 7.22. The number of fused-ring (bicyclic) bond motifs is 1. The van der Waals surface area contributed by atoms with Crippen LogP contribution in [-0.4, -0.2) is 26.2 Å². The van der Waals surface area contributed by atoms with E-state index in [-0.39, 0.29) is 11.2 Å². The van der Waals surface area contributed by atoms with E-state index in [1.807, 2.05) is 45.9 Å². The summed E-state index contributed by atoms with van der Waals surface area (Å²) in [7, 11) is 1.66. The second kappa shape index (κ2) is 8.51. The number of hydrogen-bond acceptors (Lipinski definition) is 4. The number of H-pyrrole nitrogens is 1. The summed E-state index contributed by atoms with van der Waals surface area (Å²) in [4.78, 5) is 33.2. The van der Waals surface area contributed by atoms with Gasteiger partial charge < -0.3 is 9.72 Å². The van der Waals surface area contributed by atoms with Gasteiger partial charge in [-0.1, -0.05) is 19.9 Å². The van der Waals surface area contributed by atoms with Gasteiger partial charge in [-0.2, -0.15) is 0 Å². The third kappa shape index (κ3) is 3.90. The minimum atomic E-state index is -0.317. The van der Waals surface area contributed by atoms with Gasteiger partial charge in [0.2, 0.25) is 0 Å². The van der Waals surface area contributed by atoms with E-state index in [2.05, 4.69) is 16.0 Å². The van der Waals surface area contributed by atoms with Crippen LogP contribution in [0.1, 0.15) is 49.2 Å². The highest BCUT2D eigenvalue weighted by atomic mass is 16.5. The van der Waals surface area contributed by atoms with Gasteiger partial charge in [-0.15, -0.1) is 0 Å². The molecule has 1 N–H and O–H groups in total. The number of benzene rings is 1. The number of imidazole rings is 1. The third-order valence-corrected chi connectivity index (χ3v) is 4.98. The first kappa shape index (κ1) is 20.6. The Labute approximate surface area is 169 Å². The molecule has 0 aliphatic rings. The molecule has 7 nitrogen and oxygen atoms in total. The molecule has 0 aliphatic carbocycles. The van der Waals surface area contributed by atoms with E-state index in [1.54, 1.807) is 11.7 Å². The summed E-state index contributed by atoms with van der Waals surface area (Å²) in [6, 6.07) is 4.05. The van der Waals surface area contributed by atoms with Crippen molar-refractivity contribution in [2.24, 2.45) is 0 Å². The van der Waals surface area contributed by atoms with Crippen molar-refractivity contribution in [2.75, 3.05) is 7.11 Å². The Kier molecular flexibility index (Phi) is 6.06. The lowest BCUT2D eigenvalue weighted by Crippen LogP contribution is -2.40. The van der Waals surface area contributed by atoms with Crippen LogP contribution in [0.25, 0.3) is 23.3 Å². The summed E-state index contributed by atoms with van der Waals surface area (Å²) >= 11 is 0. The summed E-state index contributed by atoms with van der Waals surface area (Å²) < 4.78 is 8.24. The zero-order valence-corrected chi connectivity index (χ0v) is 17.7. The van der Waals surface area contributed by atoms with E-state index < -0.39 is 0 Å². The van der Waals surface area contributed by atoms with Gasteiger partial charge in [0.05, 0.1) is 7.11 Å². The van der Waals surface area contributed by atoms with Crippen LogP contribution in [0.4, 0.5) is 0 Å². The van der Waals surface area contributed by atoms with E-state index in [1.165, 1.54) is 4.57 Å². The molecule has 0 unspecified atom stereocenters. The van der Waals surface area contributed by atoms with Crippen molar-refractivity contribution < 1.29 is 4.74 Å². The molecule has 7 heteroatoms. The van der Waals surface area contributed by atoms with Gasteiger partial charge in [-0.25, -0.2) is 9.78 Å². The monoisotopic (exact) mass is 396 g/mol. The largest absolute Gasteiger partial charge is 0.496 e. The standard InChI is InChI=1S/C22H28N4O3/c1-6-10-25-20-19(21(27)26(11-7-2)22(25)28)23-18(24-20)9-8-16-12-15(4)17(29-5)13-14(16)3/h8-9,12-13H,6-7,10-11H2,1-5H3,(H,23,24). The van der Waals surface area contributed by atoms with Crippen molar-refractivity contribution >= 4 is 23.3 Å². The minimum Gasteiger partial charge on any atom is -0.496 e. The highest BCUT2D eigenvalue weighted by molar-refractivity contribution is 5.76. The Morgan fingerprint density at radius 3 is 2.38 bits per heavy atom. The number of aromatic amines is 1. The molecule has 0 saturated carbocycles. The maximum atomic E-state index is 12.8. The molecule has 0 fully saturated rings. The number of nitrogens with zero attached hydrogens (tertiary/aromatic N) is 3. The van der Waals surface area contributed by atoms with Crippen molar-refractivity contribution in [2.45, 2.75) is 53.6 Å². The predicted octanol–water partition coefficient (Wildman–Crippen LogP) is 3.50. The first-order chi connectivity index (χ1) is 13.9. The Balaban J connectivity index is 2.10. The quantitative estimate of drug-likeness (QED) is 0.663. The van der Waals surface area contributed by atoms with Crippen LogP contribution in [0, 0.1) is 13.8 Å². The Bertz CT molecular complexity index is 1180. The van der Waals surface area contributed by atoms with E-state index in [9.17, 15) is 9.59 Å². The summed E-state index contributed by atoms with van der Waals surface area (Å²) in [6.07, 6.45) is 5.27. The van der Waals surface area contributed by atoms with Crippen LogP contribution in [0.15, 0.2) is 21.7 Å². The van der Waals surface area contributed by atoms with Crippen LogP contribution in [0.5, 0.6) is 5.75 Å². The molecule has 0 radical (unpaired) electrons. The van der Waals surface area contributed by atoms with Crippen LogP contribution >= 0.6 is 0 Å². The molecule has 2 heterocycles. The molecule has 0 bridgehead atoms. The van der Waals surface area contributed by atoms with Gasteiger partial charge in [-0.3, -0.25) is 13.9 Å². The minimum absolute atomic E-state index is 0.296. The normalized spacial score (nSPS) is 11.6. The van der Waals surface area contributed by atoms with Crippen LogP contribution < -0.4 is 16.0 Å². The molecule has 3 rings (SSSR count). The zero-order valence-electron chi connectivity index (χ0n) is 17.7. The van der Waals surface area contributed by atoms with Gasteiger partial charge in [0.15, 0.2) is 5.65 Å². The average molecular weight is 396 g/mol. The summed E-state index contributed by atoms with van der Waals surface area (Å²) in [5.74, 6) is 1.40. The number of rotatable bonds is 7. The van der Waals surface area contributed by atoms with E-state index in [0.29, 0.717) is 36.5 Å². The highest BCUT2D eigenvalue weighted by Crippen LogP contribution is 2.23. The number of aromatic nitrogens is 4. The lowest BCUT2D eigenvalue weighted by atomic mass is 10.0. The smallest absolute Gasteiger partial charge is 0.332 e. The first-order valence-corrected chi connectivity index (χ1v) is 9.97. The average Bonchev–Trinajstić information content (AvgIpc) is 3.13. The number of ether oxygens (including phenoxy) is 1. The number of hydrogen-bond donors (Lipinski definition) is 1. The molecule has 2 aromatic heterocycles. The maximum Gasteiger partial charge on any atom is 0.332 e. The molecule has 0 aliphatic heterocycles. The van der Waals surface area contributed by atoms with E-state index in [0.717, 1.165) is 28.9 Å². The van der Waals surface area contributed by atoms with Gasteiger partial charge >= 0.3 is 5.69 Å². The molecule has 0 spiro atoms. The second-order valence-electron chi connectivity index (χ2n) is 7.22. The maximum absolute atomic E-state index is 12.8. The Morgan fingerprint density at radius 2 is 1.72 bits per heavy atom. The van der Waals surface area contributed by atoms with Crippen molar-refractivity contribution in [3.05, 3.63) is 55.5 Å².